The summed E-state index contributed by atoms with van der Waals surface area (Å²) in [6.45, 7) is 1.69. The first kappa shape index (κ1) is 12.2. The number of phenolic OH excluding ortho intramolecular Hbond substituents is 1. The predicted molar refractivity (Wildman–Crippen MR) is 57.3 cm³/mol. The zero-order chi connectivity index (χ0) is 12.4. The number of piperidine rings is 1. The minimum absolute atomic E-state index is 0.134. The highest BCUT2D eigenvalue weighted by atomic mass is 19.2. The number of aromatic hydroxyl groups is 1. The summed E-state index contributed by atoms with van der Waals surface area (Å²) >= 11 is 0. The zero-order valence-electron chi connectivity index (χ0n) is 9.27. The quantitative estimate of drug-likeness (QED) is 0.784. The maximum Gasteiger partial charge on any atom is 0.203 e. The number of halogens is 3. The first-order chi connectivity index (χ1) is 8.09. The SMILES string of the molecule is Oc1c(CC2CCCNC2)cc(F)c(F)c1F. The van der Waals surface area contributed by atoms with Gasteiger partial charge in [0.25, 0.3) is 0 Å². The predicted octanol–water partition coefficient (Wildman–Crippen LogP) is 2.35. The maximum atomic E-state index is 13.1. The molecule has 17 heavy (non-hydrogen) atoms. The molecule has 1 atom stereocenters. The van der Waals surface area contributed by atoms with Crippen molar-refractivity contribution < 1.29 is 18.3 Å². The summed E-state index contributed by atoms with van der Waals surface area (Å²) < 4.78 is 39.0. The summed E-state index contributed by atoms with van der Waals surface area (Å²) in [5.41, 5.74) is 0.134. The molecule has 0 aromatic heterocycles. The molecular formula is C12H14F3NO. The molecule has 2 nitrogen and oxygen atoms in total. The van der Waals surface area contributed by atoms with Crippen LogP contribution in [0.3, 0.4) is 0 Å². The third-order valence-corrected chi connectivity index (χ3v) is 3.12. The van der Waals surface area contributed by atoms with Crippen molar-refractivity contribution in [2.75, 3.05) is 13.1 Å². The van der Waals surface area contributed by atoms with Gasteiger partial charge in [-0.05, 0) is 44.3 Å². The number of hydrogen-bond donors (Lipinski definition) is 2. The van der Waals surface area contributed by atoms with Crippen LogP contribution in [0.15, 0.2) is 6.07 Å². The molecule has 1 saturated heterocycles. The Labute approximate surface area is 97.5 Å². The molecule has 1 heterocycles. The molecular weight excluding hydrogens is 231 g/mol. The molecule has 1 aromatic rings. The lowest BCUT2D eigenvalue weighted by molar-refractivity contribution is 0.353. The van der Waals surface area contributed by atoms with Crippen molar-refractivity contribution in [3.05, 3.63) is 29.1 Å². The summed E-state index contributed by atoms with van der Waals surface area (Å²) in [6, 6.07) is 0.877. The van der Waals surface area contributed by atoms with E-state index in [0.717, 1.165) is 32.0 Å². The number of hydrogen-bond acceptors (Lipinski definition) is 2. The highest BCUT2D eigenvalue weighted by Gasteiger charge is 2.21. The lowest BCUT2D eigenvalue weighted by Crippen LogP contribution is -2.30. The standard InChI is InChI=1S/C12H14F3NO/c13-9-5-8(12(17)11(15)10(9)14)4-7-2-1-3-16-6-7/h5,7,16-17H,1-4,6H2. The molecule has 94 valence electrons. The lowest BCUT2D eigenvalue weighted by atomic mass is 9.92. The van der Waals surface area contributed by atoms with Gasteiger partial charge in [-0.3, -0.25) is 0 Å². The first-order valence-electron chi connectivity index (χ1n) is 5.65. The summed E-state index contributed by atoms with van der Waals surface area (Å²) in [5.74, 6) is -4.91. The summed E-state index contributed by atoms with van der Waals surface area (Å²) in [6.07, 6.45) is 2.29. The second-order valence-electron chi connectivity index (χ2n) is 4.41. The van der Waals surface area contributed by atoms with Gasteiger partial charge in [0.2, 0.25) is 5.82 Å². The molecule has 2 N–H and O–H groups in total. The Bertz CT molecular complexity index is 417. The minimum Gasteiger partial charge on any atom is -0.505 e. The van der Waals surface area contributed by atoms with Crippen molar-refractivity contribution in [1.29, 1.82) is 0 Å². The molecule has 0 saturated carbocycles. The van der Waals surface area contributed by atoms with Crippen molar-refractivity contribution >= 4 is 0 Å². The average Bonchev–Trinajstić information content (AvgIpc) is 2.35. The van der Waals surface area contributed by atoms with E-state index in [9.17, 15) is 18.3 Å². The molecule has 1 aliphatic heterocycles. The molecule has 0 amide bonds. The van der Waals surface area contributed by atoms with Crippen molar-refractivity contribution in [3.63, 3.8) is 0 Å². The van der Waals surface area contributed by atoms with Gasteiger partial charge >= 0.3 is 0 Å². The van der Waals surface area contributed by atoms with E-state index in [2.05, 4.69) is 5.32 Å². The van der Waals surface area contributed by atoms with Crippen molar-refractivity contribution in [2.45, 2.75) is 19.3 Å². The third kappa shape index (κ3) is 2.54. The fourth-order valence-corrected chi connectivity index (χ4v) is 2.20. The van der Waals surface area contributed by atoms with Crippen LogP contribution in [0.5, 0.6) is 5.75 Å². The van der Waals surface area contributed by atoms with Gasteiger partial charge < -0.3 is 10.4 Å². The molecule has 0 radical (unpaired) electrons. The number of rotatable bonds is 2. The van der Waals surface area contributed by atoms with Crippen LogP contribution in [-0.4, -0.2) is 18.2 Å². The highest BCUT2D eigenvalue weighted by Crippen LogP contribution is 2.29. The molecule has 1 aliphatic rings. The number of benzene rings is 1. The van der Waals surface area contributed by atoms with Crippen LogP contribution in [0, 0.1) is 23.4 Å². The largest absolute Gasteiger partial charge is 0.505 e. The average molecular weight is 245 g/mol. The molecule has 5 heteroatoms. The highest BCUT2D eigenvalue weighted by molar-refractivity contribution is 5.35. The van der Waals surface area contributed by atoms with Gasteiger partial charge in [-0.2, -0.15) is 4.39 Å². The fourth-order valence-electron chi connectivity index (χ4n) is 2.20. The van der Waals surface area contributed by atoms with Gasteiger partial charge in [0.15, 0.2) is 17.4 Å². The topological polar surface area (TPSA) is 32.3 Å². The summed E-state index contributed by atoms with van der Waals surface area (Å²) in [5, 5.41) is 12.6. The second kappa shape index (κ2) is 4.96. The lowest BCUT2D eigenvalue weighted by Gasteiger charge is -2.23. The van der Waals surface area contributed by atoms with E-state index in [0.29, 0.717) is 6.42 Å². The van der Waals surface area contributed by atoms with E-state index in [-0.39, 0.29) is 11.5 Å². The Morgan fingerprint density at radius 1 is 1.29 bits per heavy atom. The van der Waals surface area contributed by atoms with Crippen molar-refractivity contribution in [1.82, 2.24) is 5.32 Å². The molecule has 0 spiro atoms. The Kier molecular flexibility index (Phi) is 3.57. The third-order valence-electron chi connectivity index (χ3n) is 3.12. The Balaban J connectivity index is 2.20. The normalized spacial score (nSPS) is 20.5. The van der Waals surface area contributed by atoms with Crippen LogP contribution < -0.4 is 5.32 Å². The monoisotopic (exact) mass is 245 g/mol. The summed E-state index contributed by atoms with van der Waals surface area (Å²) in [7, 11) is 0. The van der Waals surface area contributed by atoms with Crippen LogP contribution in [0.4, 0.5) is 13.2 Å². The molecule has 0 bridgehead atoms. The molecule has 0 aliphatic carbocycles. The summed E-state index contributed by atoms with van der Waals surface area (Å²) in [4.78, 5) is 0. The Hall–Kier alpha value is -1.23. The maximum absolute atomic E-state index is 13.1. The van der Waals surface area contributed by atoms with Crippen molar-refractivity contribution in [3.8, 4) is 5.75 Å². The second-order valence-corrected chi connectivity index (χ2v) is 4.41. The number of nitrogens with one attached hydrogen (secondary N) is 1. The fraction of sp³-hybridized carbons (Fsp3) is 0.500. The first-order valence-corrected chi connectivity index (χ1v) is 5.65. The van der Waals surface area contributed by atoms with Crippen LogP contribution in [-0.2, 0) is 6.42 Å². The van der Waals surface area contributed by atoms with Crippen LogP contribution in [0.1, 0.15) is 18.4 Å². The smallest absolute Gasteiger partial charge is 0.203 e. The zero-order valence-corrected chi connectivity index (χ0v) is 9.27. The van der Waals surface area contributed by atoms with Crippen LogP contribution in [0.2, 0.25) is 0 Å². The van der Waals surface area contributed by atoms with Gasteiger partial charge in [0, 0.05) is 5.56 Å². The Morgan fingerprint density at radius 3 is 2.71 bits per heavy atom. The molecule has 1 unspecified atom stereocenters. The van der Waals surface area contributed by atoms with E-state index in [1.165, 1.54) is 0 Å². The number of phenols is 1. The molecule has 2 rings (SSSR count). The minimum atomic E-state index is -1.62. The van der Waals surface area contributed by atoms with Gasteiger partial charge in [-0.25, -0.2) is 8.78 Å². The van der Waals surface area contributed by atoms with Gasteiger partial charge in [0.05, 0.1) is 0 Å². The van der Waals surface area contributed by atoms with E-state index in [4.69, 9.17) is 0 Å². The molecule has 1 fully saturated rings. The van der Waals surface area contributed by atoms with Gasteiger partial charge in [0.1, 0.15) is 0 Å². The van der Waals surface area contributed by atoms with Gasteiger partial charge in [-0.15, -0.1) is 0 Å². The molecule has 1 aromatic carbocycles. The van der Waals surface area contributed by atoms with Crippen LogP contribution in [0.25, 0.3) is 0 Å². The van der Waals surface area contributed by atoms with Crippen molar-refractivity contribution in [2.24, 2.45) is 5.92 Å². The Morgan fingerprint density at radius 2 is 2.06 bits per heavy atom. The van der Waals surface area contributed by atoms with E-state index in [1.54, 1.807) is 0 Å². The van der Waals surface area contributed by atoms with E-state index in [1.807, 2.05) is 0 Å². The van der Waals surface area contributed by atoms with E-state index < -0.39 is 23.2 Å². The van der Waals surface area contributed by atoms with Gasteiger partial charge in [-0.1, -0.05) is 0 Å². The van der Waals surface area contributed by atoms with E-state index >= 15 is 0 Å². The van der Waals surface area contributed by atoms with Crippen LogP contribution >= 0.6 is 0 Å².